The van der Waals surface area contributed by atoms with Gasteiger partial charge in [0.15, 0.2) is 0 Å². The van der Waals surface area contributed by atoms with Gasteiger partial charge in [-0.15, -0.1) is 0 Å². The van der Waals surface area contributed by atoms with Crippen LogP contribution in [0, 0.1) is 0 Å². The van der Waals surface area contributed by atoms with Gasteiger partial charge >= 0.3 is 0 Å². The Hall–Kier alpha value is -3.60. The molecule has 0 amide bonds. The second kappa shape index (κ2) is 8.67. The lowest BCUT2D eigenvalue weighted by molar-refractivity contribution is 0.414. The smallest absolute Gasteiger partial charge is 0.149 e. The Balaban J connectivity index is 1.76. The van der Waals surface area contributed by atoms with Crippen molar-refractivity contribution in [2.24, 2.45) is 0 Å². The summed E-state index contributed by atoms with van der Waals surface area (Å²) in [4.78, 5) is 8.79. The van der Waals surface area contributed by atoms with Gasteiger partial charge in [0.2, 0.25) is 0 Å². The molecule has 5 nitrogen and oxygen atoms in total. The van der Waals surface area contributed by atoms with Crippen molar-refractivity contribution in [1.29, 1.82) is 0 Å². The van der Waals surface area contributed by atoms with Gasteiger partial charge in [0.25, 0.3) is 0 Å². The molecule has 0 aliphatic rings. The molecule has 0 aliphatic heterocycles. The van der Waals surface area contributed by atoms with Crippen LogP contribution in [0.2, 0.25) is 0 Å². The summed E-state index contributed by atoms with van der Waals surface area (Å²) in [6.07, 6.45) is 9.32. The Morgan fingerprint density at radius 2 is 1.26 bits per heavy atom. The monoisotopic (exact) mass is 359 g/mol. The third kappa shape index (κ3) is 4.95. The highest BCUT2D eigenvalue weighted by atomic mass is 16.5. The molecular weight excluding hydrogens is 338 g/mol. The molecule has 3 rings (SSSR count). The van der Waals surface area contributed by atoms with Crippen LogP contribution in [-0.2, 0) is 0 Å². The average molecular weight is 359 g/mol. The van der Waals surface area contributed by atoms with Crippen molar-refractivity contribution < 1.29 is 9.47 Å². The van der Waals surface area contributed by atoms with Gasteiger partial charge < -0.3 is 15.2 Å². The van der Waals surface area contributed by atoms with E-state index >= 15 is 0 Å². The molecule has 0 atom stereocenters. The first-order chi connectivity index (χ1) is 13.2. The molecule has 0 spiro atoms. The van der Waals surface area contributed by atoms with Crippen molar-refractivity contribution in [2.75, 3.05) is 20.0 Å². The highest BCUT2D eigenvalue weighted by Crippen LogP contribution is 2.17. The summed E-state index contributed by atoms with van der Waals surface area (Å²) < 4.78 is 10.3. The van der Waals surface area contributed by atoms with E-state index < -0.39 is 0 Å². The van der Waals surface area contributed by atoms with E-state index in [-0.39, 0.29) is 0 Å². The summed E-state index contributed by atoms with van der Waals surface area (Å²) in [6.45, 7) is 0. The zero-order valence-electron chi connectivity index (χ0n) is 15.3. The first-order valence-corrected chi connectivity index (χ1v) is 8.45. The summed E-state index contributed by atoms with van der Waals surface area (Å²) >= 11 is 0. The maximum Gasteiger partial charge on any atom is 0.149 e. The third-order valence-electron chi connectivity index (χ3n) is 3.96. The normalized spacial score (nSPS) is 11.2. The van der Waals surface area contributed by atoms with Gasteiger partial charge in [-0.1, -0.05) is 36.4 Å². The zero-order chi connectivity index (χ0) is 19.1. The third-order valence-corrected chi connectivity index (χ3v) is 3.96. The molecule has 0 saturated heterocycles. The quantitative estimate of drug-likeness (QED) is 0.705. The van der Waals surface area contributed by atoms with E-state index in [1.54, 1.807) is 20.4 Å². The van der Waals surface area contributed by atoms with E-state index in [1.807, 2.05) is 72.8 Å². The molecule has 2 N–H and O–H groups in total. The molecular formula is C22H21N3O2. The summed E-state index contributed by atoms with van der Waals surface area (Å²) in [5.74, 6) is 2.03. The van der Waals surface area contributed by atoms with Crippen LogP contribution in [0.15, 0.2) is 54.7 Å². The summed E-state index contributed by atoms with van der Waals surface area (Å²) in [6, 6.07) is 15.5. The van der Waals surface area contributed by atoms with Gasteiger partial charge in [0.05, 0.1) is 26.1 Å². The molecule has 0 fully saturated rings. The lowest BCUT2D eigenvalue weighted by atomic mass is 10.2. The summed E-state index contributed by atoms with van der Waals surface area (Å²) in [7, 11) is 3.29. The average Bonchev–Trinajstić information content (AvgIpc) is 2.73. The first-order valence-electron chi connectivity index (χ1n) is 8.45. The highest BCUT2D eigenvalue weighted by molar-refractivity contribution is 5.74. The number of hydrogen-bond acceptors (Lipinski definition) is 5. The molecule has 1 aromatic heterocycles. The Bertz CT molecular complexity index is 946. The number of anilines is 1. The van der Waals surface area contributed by atoms with Crippen molar-refractivity contribution in [3.05, 3.63) is 77.2 Å². The maximum absolute atomic E-state index is 5.96. The molecule has 0 radical (unpaired) electrons. The molecule has 3 aromatic rings. The van der Waals surface area contributed by atoms with Crippen LogP contribution in [0.3, 0.4) is 0 Å². The molecule has 0 aliphatic carbocycles. The molecule has 5 heteroatoms. The van der Waals surface area contributed by atoms with E-state index in [4.69, 9.17) is 15.2 Å². The predicted octanol–water partition coefficient (Wildman–Crippen LogP) is 4.42. The SMILES string of the molecule is COc1ccc(/C=C/c2cnc(N)c(/C=C/c3ccc(OC)cc3)n2)cc1. The number of nitrogens with zero attached hydrogens (tertiary/aromatic N) is 2. The molecule has 136 valence electrons. The lowest BCUT2D eigenvalue weighted by Crippen LogP contribution is -1.98. The van der Waals surface area contributed by atoms with Crippen LogP contribution >= 0.6 is 0 Å². The fraction of sp³-hybridized carbons (Fsp3) is 0.0909. The lowest BCUT2D eigenvalue weighted by Gasteiger charge is -2.02. The van der Waals surface area contributed by atoms with E-state index in [1.165, 1.54) is 0 Å². The number of aromatic nitrogens is 2. The van der Waals surface area contributed by atoms with E-state index in [9.17, 15) is 0 Å². The topological polar surface area (TPSA) is 70.3 Å². The Labute approximate surface area is 158 Å². The largest absolute Gasteiger partial charge is 0.497 e. The van der Waals surface area contributed by atoms with Gasteiger partial charge in [0.1, 0.15) is 23.0 Å². The van der Waals surface area contributed by atoms with Crippen LogP contribution in [0.5, 0.6) is 11.5 Å². The second-order valence-electron chi connectivity index (χ2n) is 5.78. The highest BCUT2D eigenvalue weighted by Gasteiger charge is 2.00. The predicted molar refractivity (Wildman–Crippen MR) is 110 cm³/mol. The van der Waals surface area contributed by atoms with Crippen LogP contribution < -0.4 is 15.2 Å². The standard InChI is InChI=1S/C22H21N3O2/c1-26-19-10-4-16(5-11-19)3-9-18-15-24-22(23)21(25-18)14-8-17-6-12-20(27-2)13-7-17/h3-15H,1-2H3,(H2,23,24)/b9-3+,14-8+. The first kappa shape index (κ1) is 18.2. The Kier molecular flexibility index (Phi) is 5.84. The Morgan fingerprint density at radius 3 is 1.78 bits per heavy atom. The molecule has 27 heavy (non-hydrogen) atoms. The summed E-state index contributed by atoms with van der Waals surface area (Å²) in [5.41, 5.74) is 9.38. The molecule has 0 bridgehead atoms. The molecule has 2 aromatic carbocycles. The minimum Gasteiger partial charge on any atom is -0.497 e. The number of ether oxygens (including phenoxy) is 2. The van der Waals surface area contributed by atoms with Gasteiger partial charge in [-0.3, -0.25) is 0 Å². The molecule has 1 heterocycles. The number of methoxy groups -OCH3 is 2. The van der Waals surface area contributed by atoms with Gasteiger partial charge in [-0.05, 0) is 47.5 Å². The van der Waals surface area contributed by atoms with Crippen molar-refractivity contribution in [3.63, 3.8) is 0 Å². The van der Waals surface area contributed by atoms with Crippen LogP contribution in [-0.4, -0.2) is 24.2 Å². The van der Waals surface area contributed by atoms with Gasteiger partial charge in [-0.2, -0.15) is 0 Å². The van der Waals surface area contributed by atoms with E-state index in [2.05, 4.69) is 9.97 Å². The second-order valence-corrected chi connectivity index (χ2v) is 5.78. The van der Waals surface area contributed by atoms with Gasteiger partial charge in [0, 0.05) is 0 Å². The fourth-order valence-corrected chi connectivity index (χ4v) is 2.42. The molecule has 0 saturated carbocycles. The fourth-order valence-electron chi connectivity index (χ4n) is 2.42. The van der Waals surface area contributed by atoms with Crippen LogP contribution in [0.1, 0.15) is 22.5 Å². The van der Waals surface area contributed by atoms with E-state index in [0.29, 0.717) is 11.5 Å². The van der Waals surface area contributed by atoms with Crippen molar-refractivity contribution in [3.8, 4) is 11.5 Å². The van der Waals surface area contributed by atoms with Crippen LogP contribution in [0.25, 0.3) is 24.3 Å². The van der Waals surface area contributed by atoms with Crippen molar-refractivity contribution in [2.45, 2.75) is 0 Å². The Morgan fingerprint density at radius 1 is 0.741 bits per heavy atom. The minimum absolute atomic E-state index is 0.390. The summed E-state index contributed by atoms with van der Waals surface area (Å²) in [5, 5.41) is 0. The number of nitrogen functional groups attached to an aromatic ring is 1. The number of hydrogen-bond donors (Lipinski definition) is 1. The number of rotatable bonds is 6. The van der Waals surface area contributed by atoms with Gasteiger partial charge in [-0.25, -0.2) is 9.97 Å². The molecule has 0 unspecified atom stereocenters. The van der Waals surface area contributed by atoms with E-state index in [0.717, 1.165) is 28.3 Å². The maximum atomic E-state index is 5.96. The number of nitrogens with two attached hydrogens (primary N) is 1. The van der Waals surface area contributed by atoms with Crippen molar-refractivity contribution in [1.82, 2.24) is 9.97 Å². The number of benzene rings is 2. The van der Waals surface area contributed by atoms with Crippen LogP contribution in [0.4, 0.5) is 5.82 Å². The van der Waals surface area contributed by atoms with Crippen molar-refractivity contribution >= 4 is 30.1 Å². The minimum atomic E-state index is 0.390. The zero-order valence-corrected chi connectivity index (χ0v) is 15.3.